The molecule has 3 rings (SSSR count). The lowest BCUT2D eigenvalue weighted by Crippen LogP contribution is -2.41. The van der Waals surface area contributed by atoms with E-state index in [1.54, 1.807) is 16.7 Å². The van der Waals surface area contributed by atoms with Crippen molar-refractivity contribution in [2.75, 3.05) is 18.8 Å². The Balaban J connectivity index is 1.47. The van der Waals surface area contributed by atoms with E-state index in [0.717, 1.165) is 24.0 Å². The molecule has 28 heavy (non-hydrogen) atoms. The van der Waals surface area contributed by atoms with E-state index in [9.17, 15) is 18.4 Å². The Bertz CT molecular complexity index is 863. The van der Waals surface area contributed by atoms with Gasteiger partial charge in [-0.25, -0.2) is 8.78 Å². The first-order valence-electron chi connectivity index (χ1n) is 9.34. The molecule has 0 atom stereocenters. The maximum absolute atomic E-state index is 13.8. The van der Waals surface area contributed by atoms with E-state index in [1.165, 1.54) is 11.1 Å². The van der Waals surface area contributed by atoms with E-state index >= 15 is 0 Å². The molecule has 1 fully saturated rings. The number of hydrogen-bond acceptors (Lipinski definition) is 3. The van der Waals surface area contributed by atoms with Crippen LogP contribution >= 0.6 is 11.8 Å². The predicted molar refractivity (Wildman–Crippen MR) is 107 cm³/mol. The number of carbonyl (C=O) groups is 2. The number of nitrogens with zero attached hydrogens (tertiary/aromatic N) is 1. The molecule has 1 aliphatic rings. The highest BCUT2D eigenvalue weighted by Crippen LogP contribution is 2.24. The van der Waals surface area contributed by atoms with Gasteiger partial charge in [-0.15, -0.1) is 11.8 Å². The van der Waals surface area contributed by atoms with Crippen molar-refractivity contribution in [3.8, 4) is 0 Å². The second kappa shape index (κ2) is 9.32. The lowest BCUT2D eigenvalue weighted by molar-refractivity contribution is -0.129. The molecular weight excluding hydrogens is 380 g/mol. The lowest BCUT2D eigenvalue weighted by atomic mass is 9.88. The largest absolute Gasteiger partial charge is 0.342 e. The fraction of sp³-hybridized carbons (Fsp3) is 0.364. The van der Waals surface area contributed by atoms with Crippen LogP contribution in [0.1, 0.15) is 34.3 Å². The van der Waals surface area contributed by atoms with E-state index in [4.69, 9.17) is 0 Å². The summed E-state index contributed by atoms with van der Waals surface area (Å²) in [5.41, 5.74) is 2.20. The van der Waals surface area contributed by atoms with Crippen molar-refractivity contribution >= 4 is 23.5 Å². The van der Waals surface area contributed by atoms with Crippen LogP contribution in [-0.4, -0.2) is 35.4 Å². The molecule has 0 aliphatic carbocycles. The first-order chi connectivity index (χ1) is 13.4. The number of piperidine rings is 1. The van der Waals surface area contributed by atoms with Crippen molar-refractivity contribution in [3.63, 3.8) is 0 Å². The van der Waals surface area contributed by atoms with Crippen LogP contribution < -0.4 is 0 Å². The topological polar surface area (TPSA) is 37.4 Å². The Morgan fingerprint density at radius 1 is 1.11 bits per heavy atom. The number of hydrogen-bond donors (Lipinski definition) is 0. The summed E-state index contributed by atoms with van der Waals surface area (Å²) in [5, 5.41) is 0. The molecule has 0 radical (unpaired) electrons. The summed E-state index contributed by atoms with van der Waals surface area (Å²) < 4.78 is 27.2. The molecule has 1 heterocycles. The van der Waals surface area contributed by atoms with Gasteiger partial charge in [0, 0.05) is 24.8 Å². The SMILES string of the molecule is Cc1cccc(CSCC(=O)N2CCC(C(=O)c3cc(F)ccc3F)CC2)c1. The summed E-state index contributed by atoms with van der Waals surface area (Å²) in [7, 11) is 0. The van der Waals surface area contributed by atoms with Crippen LogP contribution in [-0.2, 0) is 10.5 Å². The highest BCUT2D eigenvalue weighted by atomic mass is 32.2. The third-order valence-corrected chi connectivity index (χ3v) is 5.98. The second-order valence-electron chi connectivity index (χ2n) is 7.13. The number of thioether (sulfide) groups is 1. The number of likely N-dealkylation sites (tertiary alicyclic amines) is 1. The molecule has 2 aromatic carbocycles. The van der Waals surface area contributed by atoms with Crippen molar-refractivity contribution < 1.29 is 18.4 Å². The van der Waals surface area contributed by atoms with Crippen LogP contribution in [0.5, 0.6) is 0 Å². The normalized spacial score (nSPS) is 14.9. The Labute approximate surface area is 168 Å². The third-order valence-electron chi connectivity index (χ3n) is 4.99. The van der Waals surface area contributed by atoms with Crippen molar-refractivity contribution in [1.82, 2.24) is 4.90 Å². The maximum Gasteiger partial charge on any atom is 0.232 e. The molecule has 1 aliphatic heterocycles. The summed E-state index contributed by atoms with van der Waals surface area (Å²) in [6.07, 6.45) is 0.951. The number of rotatable bonds is 6. The van der Waals surface area contributed by atoms with Crippen LogP contribution in [0, 0.1) is 24.5 Å². The van der Waals surface area contributed by atoms with Gasteiger partial charge >= 0.3 is 0 Å². The van der Waals surface area contributed by atoms with Gasteiger partial charge < -0.3 is 4.90 Å². The molecule has 0 aromatic heterocycles. The van der Waals surface area contributed by atoms with Gasteiger partial charge in [0.1, 0.15) is 11.6 Å². The molecule has 3 nitrogen and oxygen atoms in total. The van der Waals surface area contributed by atoms with Gasteiger partial charge in [0.2, 0.25) is 5.91 Å². The molecule has 1 amide bonds. The van der Waals surface area contributed by atoms with E-state index in [-0.39, 0.29) is 23.2 Å². The minimum atomic E-state index is -0.697. The van der Waals surface area contributed by atoms with E-state index in [2.05, 4.69) is 6.07 Å². The fourth-order valence-corrected chi connectivity index (χ4v) is 4.32. The fourth-order valence-electron chi connectivity index (χ4n) is 3.45. The molecule has 6 heteroatoms. The van der Waals surface area contributed by atoms with E-state index in [0.29, 0.717) is 31.7 Å². The minimum Gasteiger partial charge on any atom is -0.342 e. The molecule has 0 saturated carbocycles. The number of halogens is 2. The van der Waals surface area contributed by atoms with Gasteiger partial charge in [0.05, 0.1) is 11.3 Å². The van der Waals surface area contributed by atoms with E-state index in [1.807, 2.05) is 25.1 Å². The minimum absolute atomic E-state index is 0.0560. The van der Waals surface area contributed by atoms with Gasteiger partial charge in [0.25, 0.3) is 0 Å². The van der Waals surface area contributed by atoms with Crippen LogP contribution in [0.3, 0.4) is 0 Å². The lowest BCUT2D eigenvalue weighted by Gasteiger charge is -2.31. The van der Waals surface area contributed by atoms with Crippen molar-refractivity contribution in [2.24, 2.45) is 5.92 Å². The summed E-state index contributed by atoms with van der Waals surface area (Å²) in [5.74, 6) is -0.842. The molecule has 148 valence electrons. The number of amides is 1. The summed E-state index contributed by atoms with van der Waals surface area (Å²) in [6, 6.07) is 11.1. The molecule has 0 unspecified atom stereocenters. The Morgan fingerprint density at radius 2 is 1.86 bits per heavy atom. The van der Waals surface area contributed by atoms with Crippen molar-refractivity contribution in [2.45, 2.75) is 25.5 Å². The van der Waals surface area contributed by atoms with Crippen molar-refractivity contribution in [3.05, 3.63) is 70.8 Å². The van der Waals surface area contributed by atoms with Crippen LogP contribution in [0.4, 0.5) is 8.78 Å². The summed E-state index contributed by atoms with van der Waals surface area (Å²) in [4.78, 5) is 26.7. The highest BCUT2D eigenvalue weighted by Gasteiger charge is 2.29. The maximum atomic E-state index is 13.8. The number of Topliss-reactive ketones (excluding diaryl/α,β-unsaturated/α-hetero) is 1. The monoisotopic (exact) mass is 403 g/mol. The Morgan fingerprint density at radius 3 is 2.57 bits per heavy atom. The zero-order chi connectivity index (χ0) is 20.1. The molecule has 0 N–H and O–H groups in total. The predicted octanol–water partition coefficient (Wildman–Crippen LogP) is 4.63. The van der Waals surface area contributed by atoms with Crippen molar-refractivity contribution in [1.29, 1.82) is 0 Å². The quantitative estimate of drug-likeness (QED) is 0.660. The average molecular weight is 403 g/mol. The molecule has 2 aromatic rings. The van der Waals surface area contributed by atoms with Gasteiger partial charge in [-0.05, 0) is 43.5 Å². The van der Waals surface area contributed by atoms with Crippen LogP contribution in [0.15, 0.2) is 42.5 Å². The zero-order valence-electron chi connectivity index (χ0n) is 15.8. The van der Waals surface area contributed by atoms with Gasteiger partial charge in [-0.3, -0.25) is 9.59 Å². The number of aryl methyl sites for hydroxylation is 1. The Kier molecular flexibility index (Phi) is 6.83. The van der Waals surface area contributed by atoms with Gasteiger partial charge in [0.15, 0.2) is 5.78 Å². The molecule has 1 saturated heterocycles. The number of benzene rings is 2. The molecule has 0 spiro atoms. The number of carbonyl (C=O) groups excluding carboxylic acids is 2. The molecule has 0 bridgehead atoms. The number of ketones is 1. The Hall–Kier alpha value is -2.21. The third kappa shape index (κ3) is 5.19. The summed E-state index contributed by atoms with van der Waals surface area (Å²) >= 11 is 1.57. The standard InChI is InChI=1S/C22H23F2NO2S/c1-15-3-2-4-16(11-15)13-28-14-21(26)25-9-7-17(8-10-25)22(27)19-12-18(23)5-6-20(19)24/h2-6,11-12,17H,7-10,13-14H2,1H3. The first-order valence-corrected chi connectivity index (χ1v) is 10.5. The van der Waals surface area contributed by atoms with Gasteiger partial charge in [-0.2, -0.15) is 0 Å². The average Bonchev–Trinajstić information content (AvgIpc) is 2.69. The smallest absolute Gasteiger partial charge is 0.232 e. The molecular formula is C22H23F2NO2S. The zero-order valence-corrected chi connectivity index (χ0v) is 16.6. The highest BCUT2D eigenvalue weighted by molar-refractivity contribution is 7.99. The first kappa shape index (κ1) is 20.5. The van der Waals surface area contributed by atoms with Gasteiger partial charge in [-0.1, -0.05) is 29.8 Å². The van der Waals surface area contributed by atoms with Crippen LogP contribution in [0.25, 0.3) is 0 Å². The van der Waals surface area contributed by atoms with E-state index < -0.39 is 11.6 Å². The summed E-state index contributed by atoms with van der Waals surface area (Å²) in [6.45, 7) is 2.98. The second-order valence-corrected chi connectivity index (χ2v) is 8.11. The van der Waals surface area contributed by atoms with Crippen LogP contribution in [0.2, 0.25) is 0 Å².